The molecular formula is C14H21O8PS2. The van der Waals surface area contributed by atoms with Crippen LogP contribution in [0.3, 0.4) is 0 Å². The third-order valence-corrected chi connectivity index (χ3v) is 7.98. The minimum atomic E-state index is -3.82. The fourth-order valence-corrected chi connectivity index (χ4v) is 6.67. The van der Waals surface area contributed by atoms with Crippen LogP contribution in [0.4, 0.5) is 0 Å². The van der Waals surface area contributed by atoms with Gasteiger partial charge in [-0.2, -0.15) is 0 Å². The number of aliphatic carboxylic acids is 1. The Balaban J connectivity index is 3.14. The van der Waals surface area contributed by atoms with E-state index in [-0.39, 0.29) is 13.2 Å². The Morgan fingerprint density at radius 1 is 1.24 bits per heavy atom. The maximum absolute atomic E-state index is 12.7. The third kappa shape index (κ3) is 7.37. The molecule has 0 saturated carbocycles. The maximum Gasteiger partial charge on any atom is 0.393 e. The van der Waals surface area contributed by atoms with Crippen molar-refractivity contribution in [2.75, 3.05) is 26.1 Å². The van der Waals surface area contributed by atoms with E-state index >= 15 is 0 Å². The number of carbonyl (C=O) groups is 1. The molecule has 8 nitrogen and oxygen atoms in total. The Labute approximate surface area is 151 Å². The van der Waals surface area contributed by atoms with E-state index in [1.165, 1.54) is 25.3 Å². The predicted octanol–water partition coefficient (Wildman–Crippen LogP) is 2.97. The van der Waals surface area contributed by atoms with Crippen molar-refractivity contribution in [1.82, 2.24) is 0 Å². The first-order valence-electron chi connectivity index (χ1n) is 7.32. The first-order chi connectivity index (χ1) is 11.6. The van der Waals surface area contributed by atoms with Crippen molar-refractivity contribution in [2.24, 2.45) is 0 Å². The smallest absolute Gasteiger partial charge is 0.393 e. The van der Waals surface area contributed by atoms with Gasteiger partial charge in [0.1, 0.15) is 11.5 Å². The molecule has 0 unspecified atom stereocenters. The summed E-state index contributed by atoms with van der Waals surface area (Å²) in [6, 6.07) is 4.51. The van der Waals surface area contributed by atoms with E-state index in [2.05, 4.69) is 0 Å². The van der Waals surface area contributed by atoms with Crippen molar-refractivity contribution < 1.29 is 36.7 Å². The largest absolute Gasteiger partial charge is 0.496 e. The van der Waals surface area contributed by atoms with Crippen molar-refractivity contribution >= 4 is 34.0 Å². The molecule has 0 amide bonds. The van der Waals surface area contributed by atoms with Gasteiger partial charge in [-0.25, -0.2) is 13.0 Å². The van der Waals surface area contributed by atoms with E-state index in [9.17, 15) is 17.8 Å². The molecule has 142 valence electrons. The molecule has 0 heterocycles. The Hall–Kier alpha value is -1.06. The highest BCUT2D eigenvalue weighted by atomic mass is 32.7. The van der Waals surface area contributed by atoms with Gasteiger partial charge in [0.25, 0.3) is 0 Å². The van der Waals surface area contributed by atoms with Crippen molar-refractivity contribution in [1.29, 1.82) is 0 Å². The van der Waals surface area contributed by atoms with Crippen LogP contribution in [0.5, 0.6) is 5.75 Å². The summed E-state index contributed by atoms with van der Waals surface area (Å²) in [6.07, 6.45) is 0. The summed E-state index contributed by atoms with van der Waals surface area (Å²) in [5.74, 6) is -2.45. The number of rotatable bonds is 11. The first-order valence-corrected chi connectivity index (χ1v) is 12.1. The molecule has 1 aromatic carbocycles. The van der Waals surface area contributed by atoms with E-state index in [0.29, 0.717) is 16.2 Å². The maximum atomic E-state index is 12.7. The zero-order chi connectivity index (χ0) is 19.1. The molecule has 1 N–H and O–H groups in total. The molecule has 0 atom stereocenters. The quantitative estimate of drug-likeness (QED) is 0.547. The average Bonchev–Trinajstić information content (AvgIpc) is 2.45. The second-order valence-electron chi connectivity index (χ2n) is 4.79. The number of sulfone groups is 1. The lowest BCUT2D eigenvalue weighted by atomic mass is 10.2. The summed E-state index contributed by atoms with van der Waals surface area (Å²) in [4.78, 5) is 11.0. The highest BCUT2D eigenvalue weighted by molar-refractivity contribution is 8.55. The molecule has 25 heavy (non-hydrogen) atoms. The molecule has 0 bridgehead atoms. The topological polar surface area (TPSA) is 116 Å². The number of hydrogen-bond acceptors (Lipinski definition) is 8. The molecule has 1 aromatic rings. The molecule has 0 aliphatic heterocycles. The van der Waals surface area contributed by atoms with Crippen molar-refractivity contribution in [3.8, 4) is 5.75 Å². The second kappa shape index (κ2) is 9.59. The van der Waals surface area contributed by atoms with E-state index < -0.39 is 34.1 Å². The van der Waals surface area contributed by atoms with Gasteiger partial charge in [-0.1, -0.05) is 6.07 Å². The molecule has 0 fully saturated rings. The van der Waals surface area contributed by atoms with Crippen LogP contribution < -0.4 is 4.74 Å². The van der Waals surface area contributed by atoms with Gasteiger partial charge in [-0.3, -0.25) is 4.79 Å². The molecular weight excluding hydrogens is 391 g/mol. The molecule has 0 aliphatic carbocycles. The van der Waals surface area contributed by atoms with Crippen molar-refractivity contribution in [3.05, 3.63) is 23.8 Å². The lowest BCUT2D eigenvalue weighted by Crippen LogP contribution is -2.17. The summed E-state index contributed by atoms with van der Waals surface area (Å²) in [6.45, 7) is 0.236. The number of carboxylic acids is 1. The van der Waals surface area contributed by atoms with Gasteiger partial charge in [0.15, 0.2) is 9.84 Å². The zero-order valence-corrected chi connectivity index (χ0v) is 16.7. The van der Waals surface area contributed by atoms with E-state index in [4.69, 9.17) is 18.9 Å². The Bertz CT molecular complexity index is 737. The summed E-state index contributed by atoms with van der Waals surface area (Å²) in [7, 11) is -2.39. The number of methoxy groups -OCH3 is 1. The lowest BCUT2D eigenvalue weighted by Gasteiger charge is -2.17. The summed E-state index contributed by atoms with van der Waals surface area (Å²) >= 11 is 0.820. The van der Waals surface area contributed by atoms with Crippen LogP contribution >= 0.6 is 18.2 Å². The Morgan fingerprint density at radius 2 is 1.84 bits per heavy atom. The monoisotopic (exact) mass is 412 g/mol. The van der Waals surface area contributed by atoms with Gasteiger partial charge in [-0.05, 0) is 42.9 Å². The minimum Gasteiger partial charge on any atom is -0.496 e. The van der Waals surface area contributed by atoms with Gasteiger partial charge >= 0.3 is 12.8 Å². The number of hydrogen-bond donors (Lipinski definition) is 1. The van der Waals surface area contributed by atoms with Crippen molar-refractivity contribution in [2.45, 2.75) is 24.5 Å². The minimum absolute atomic E-state index is 0.180. The van der Waals surface area contributed by atoms with Crippen LogP contribution in [0.25, 0.3) is 0 Å². The Morgan fingerprint density at radius 3 is 2.32 bits per heavy atom. The van der Waals surface area contributed by atoms with Gasteiger partial charge in [0, 0.05) is 0 Å². The second-order valence-corrected chi connectivity index (χ2v) is 10.8. The molecule has 0 saturated heterocycles. The van der Waals surface area contributed by atoms with Crippen LogP contribution in [0.15, 0.2) is 23.1 Å². The van der Waals surface area contributed by atoms with Crippen LogP contribution in [0.1, 0.15) is 19.4 Å². The lowest BCUT2D eigenvalue weighted by molar-refractivity contribution is -0.134. The first kappa shape index (κ1) is 22.0. The van der Waals surface area contributed by atoms with E-state index in [0.717, 1.165) is 11.4 Å². The zero-order valence-electron chi connectivity index (χ0n) is 14.1. The van der Waals surface area contributed by atoms with Gasteiger partial charge in [0.05, 0.1) is 31.0 Å². The fraction of sp³-hybridized carbons (Fsp3) is 0.500. The van der Waals surface area contributed by atoms with Gasteiger partial charge in [-0.15, -0.1) is 0 Å². The molecule has 0 spiro atoms. The number of benzene rings is 1. The van der Waals surface area contributed by atoms with Crippen LogP contribution in [-0.4, -0.2) is 45.6 Å². The van der Waals surface area contributed by atoms with E-state index in [1.54, 1.807) is 13.8 Å². The molecule has 0 radical (unpaired) electrons. The highest BCUT2D eigenvalue weighted by Crippen LogP contribution is 2.64. The van der Waals surface area contributed by atoms with Gasteiger partial charge in [0.2, 0.25) is 0 Å². The van der Waals surface area contributed by atoms with Crippen LogP contribution in [0.2, 0.25) is 0 Å². The molecule has 11 heteroatoms. The number of ether oxygens (including phenoxy) is 1. The van der Waals surface area contributed by atoms with Crippen LogP contribution in [-0.2, 0) is 34.0 Å². The normalized spacial score (nSPS) is 12.1. The SMILES string of the molecule is CCOP(=O)(OCC)Sc1cc(CS(=O)(=O)CC(=O)O)ccc1OC. The summed E-state index contributed by atoms with van der Waals surface area (Å²) < 4.78 is 52.0. The van der Waals surface area contributed by atoms with Crippen LogP contribution in [0, 0.1) is 0 Å². The predicted molar refractivity (Wildman–Crippen MR) is 94.8 cm³/mol. The van der Waals surface area contributed by atoms with Crippen molar-refractivity contribution in [3.63, 3.8) is 0 Å². The third-order valence-electron chi connectivity index (χ3n) is 2.74. The average molecular weight is 412 g/mol. The highest BCUT2D eigenvalue weighted by Gasteiger charge is 2.28. The fourth-order valence-electron chi connectivity index (χ4n) is 1.90. The summed E-state index contributed by atoms with van der Waals surface area (Å²) in [5, 5.41) is 8.66. The van der Waals surface area contributed by atoms with E-state index in [1.807, 2.05) is 0 Å². The standard InChI is InChI=1S/C14H21O8PS2/c1-4-21-23(17,22-5-2)24-13-8-11(6-7-12(13)20-3)9-25(18,19)10-14(15)16/h6-8H,4-5,9-10H2,1-3H3,(H,15,16). The Kier molecular flexibility index (Phi) is 8.43. The molecule has 0 aliphatic rings. The molecule has 1 rings (SSSR count). The molecule has 0 aromatic heterocycles. The number of carboxylic acid groups (broad SMARTS) is 1. The van der Waals surface area contributed by atoms with Gasteiger partial charge < -0.3 is 18.9 Å². The summed E-state index contributed by atoms with van der Waals surface area (Å²) in [5.41, 5.74) is 0.351.